The average Bonchev–Trinajstić information content (AvgIpc) is 2.43. The molecule has 1 atom stereocenters. The molecule has 19 heavy (non-hydrogen) atoms. The number of aryl methyl sites for hydroxylation is 2. The second-order valence-corrected chi connectivity index (χ2v) is 4.69. The molecular weight excluding hydrogens is 238 g/mol. The zero-order valence-corrected chi connectivity index (χ0v) is 11.6. The summed E-state index contributed by atoms with van der Waals surface area (Å²) in [6.45, 7) is 6.05. The molecule has 3 heteroatoms. The third kappa shape index (κ3) is 3.32. The van der Waals surface area contributed by atoms with E-state index in [0.29, 0.717) is 17.9 Å². The molecule has 0 amide bonds. The Morgan fingerprint density at radius 1 is 1.11 bits per heavy atom. The van der Waals surface area contributed by atoms with E-state index < -0.39 is 6.10 Å². The molecule has 1 heterocycles. The quantitative estimate of drug-likeness (QED) is 0.902. The molecule has 2 aromatic rings. The first-order valence-corrected chi connectivity index (χ1v) is 6.49. The minimum Gasteiger partial charge on any atom is -0.456 e. The summed E-state index contributed by atoms with van der Waals surface area (Å²) >= 11 is 0. The van der Waals surface area contributed by atoms with Crippen LogP contribution in [-0.2, 0) is 0 Å². The van der Waals surface area contributed by atoms with Gasteiger partial charge < -0.3 is 9.84 Å². The molecule has 0 saturated carbocycles. The van der Waals surface area contributed by atoms with E-state index in [4.69, 9.17) is 4.74 Å². The highest BCUT2D eigenvalue weighted by atomic mass is 16.5. The number of aromatic nitrogens is 1. The van der Waals surface area contributed by atoms with Gasteiger partial charge in [-0.15, -0.1) is 0 Å². The molecule has 0 fully saturated rings. The van der Waals surface area contributed by atoms with Crippen molar-refractivity contribution in [3.63, 3.8) is 0 Å². The molecule has 2 rings (SSSR count). The minimum atomic E-state index is -0.504. The van der Waals surface area contributed by atoms with Gasteiger partial charge in [0.25, 0.3) is 0 Å². The number of hydrogen-bond acceptors (Lipinski definition) is 3. The summed E-state index contributed by atoms with van der Waals surface area (Å²) in [7, 11) is 0. The third-order valence-electron chi connectivity index (χ3n) is 3.20. The van der Waals surface area contributed by atoms with E-state index >= 15 is 0 Å². The van der Waals surface area contributed by atoms with Crippen LogP contribution in [0.5, 0.6) is 11.5 Å². The Morgan fingerprint density at radius 2 is 1.84 bits per heavy atom. The number of rotatable bonds is 4. The molecule has 0 aliphatic rings. The lowest BCUT2D eigenvalue weighted by Crippen LogP contribution is -1.98. The van der Waals surface area contributed by atoms with E-state index in [1.54, 1.807) is 12.3 Å². The number of aliphatic hydroxyl groups excluding tert-OH is 1. The summed E-state index contributed by atoms with van der Waals surface area (Å²) < 4.78 is 5.74. The lowest BCUT2D eigenvalue weighted by atomic mass is 10.1. The fourth-order valence-corrected chi connectivity index (χ4v) is 1.77. The van der Waals surface area contributed by atoms with Gasteiger partial charge in [0.2, 0.25) is 0 Å². The molecule has 0 spiro atoms. The first-order chi connectivity index (χ1) is 9.10. The van der Waals surface area contributed by atoms with E-state index in [2.05, 4.69) is 18.8 Å². The number of hydrogen-bond donors (Lipinski definition) is 1. The molecule has 0 aliphatic heterocycles. The molecule has 0 saturated heterocycles. The van der Waals surface area contributed by atoms with E-state index in [9.17, 15) is 5.11 Å². The summed E-state index contributed by atoms with van der Waals surface area (Å²) in [5.74, 6) is 1.48. The van der Waals surface area contributed by atoms with Crippen LogP contribution >= 0.6 is 0 Å². The molecule has 1 N–H and O–H groups in total. The van der Waals surface area contributed by atoms with E-state index in [-0.39, 0.29) is 0 Å². The number of benzene rings is 1. The normalized spacial score (nSPS) is 12.2. The molecule has 1 aromatic carbocycles. The largest absolute Gasteiger partial charge is 0.456 e. The standard InChI is InChI=1S/C16H19NO2/c1-4-16(18)15-8-7-14(10-17-15)19-13-6-5-11(2)12(3)9-13/h5-10,16,18H,4H2,1-3H3/t16-/m0/s1. The Balaban J connectivity index is 2.12. The van der Waals surface area contributed by atoms with Crippen molar-refractivity contribution in [3.05, 3.63) is 53.3 Å². The Kier molecular flexibility index (Phi) is 4.17. The topological polar surface area (TPSA) is 42.4 Å². The predicted octanol–water partition coefficient (Wildman–Crippen LogP) is 3.93. The maximum atomic E-state index is 9.67. The van der Waals surface area contributed by atoms with Crippen LogP contribution in [0.3, 0.4) is 0 Å². The highest BCUT2D eigenvalue weighted by Crippen LogP contribution is 2.24. The van der Waals surface area contributed by atoms with Crippen LogP contribution in [0.2, 0.25) is 0 Å². The first kappa shape index (κ1) is 13.6. The molecule has 0 aliphatic carbocycles. The van der Waals surface area contributed by atoms with Crippen LogP contribution in [-0.4, -0.2) is 10.1 Å². The molecule has 1 aromatic heterocycles. The Morgan fingerprint density at radius 3 is 2.42 bits per heavy atom. The monoisotopic (exact) mass is 257 g/mol. The van der Waals surface area contributed by atoms with Crippen molar-refractivity contribution >= 4 is 0 Å². The van der Waals surface area contributed by atoms with Crippen LogP contribution < -0.4 is 4.74 Å². The Hall–Kier alpha value is -1.87. The Bertz CT molecular complexity index is 549. The van der Waals surface area contributed by atoms with E-state index in [1.165, 1.54) is 11.1 Å². The van der Waals surface area contributed by atoms with Gasteiger partial charge in [0, 0.05) is 0 Å². The molecule has 100 valence electrons. The highest BCUT2D eigenvalue weighted by Gasteiger charge is 2.06. The summed E-state index contributed by atoms with van der Waals surface area (Å²) in [5.41, 5.74) is 3.12. The van der Waals surface area contributed by atoms with Crippen molar-refractivity contribution in [1.29, 1.82) is 0 Å². The summed E-state index contributed by atoms with van der Waals surface area (Å²) in [4.78, 5) is 4.21. The summed E-state index contributed by atoms with van der Waals surface area (Å²) in [5, 5.41) is 9.67. The second-order valence-electron chi connectivity index (χ2n) is 4.69. The van der Waals surface area contributed by atoms with Crippen molar-refractivity contribution in [2.24, 2.45) is 0 Å². The zero-order valence-electron chi connectivity index (χ0n) is 11.6. The van der Waals surface area contributed by atoms with Gasteiger partial charge >= 0.3 is 0 Å². The third-order valence-corrected chi connectivity index (χ3v) is 3.20. The predicted molar refractivity (Wildman–Crippen MR) is 75.5 cm³/mol. The molecule has 0 bridgehead atoms. The molecule has 0 unspecified atom stereocenters. The van der Waals surface area contributed by atoms with Gasteiger partial charge in [0.05, 0.1) is 18.0 Å². The summed E-state index contributed by atoms with van der Waals surface area (Å²) in [6, 6.07) is 9.61. The fraction of sp³-hybridized carbons (Fsp3) is 0.312. The van der Waals surface area contributed by atoms with Crippen LogP contribution in [0.25, 0.3) is 0 Å². The Labute approximate surface area is 113 Å². The van der Waals surface area contributed by atoms with Gasteiger partial charge in [0.1, 0.15) is 11.5 Å². The number of pyridine rings is 1. The lowest BCUT2D eigenvalue weighted by Gasteiger charge is -2.10. The van der Waals surface area contributed by atoms with Crippen LogP contribution in [0.4, 0.5) is 0 Å². The maximum Gasteiger partial charge on any atom is 0.145 e. The van der Waals surface area contributed by atoms with Crippen LogP contribution in [0.15, 0.2) is 36.5 Å². The SMILES string of the molecule is CC[C@H](O)c1ccc(Oc2ccc(C)c(C)c2)cn1. The van der Waals surface area contributed by atoms with Crippen LogP contribution in [0, 0.1) is 13.8 Å². The summed E-state index contributed by atoms with van der Waals surface area (Å²) in [6.07, 6.45) is 1.80. The lowest BCUT2D eigenvalue weighted by molar-refractivity contribution is 0.169. The number of ether oxygens (including phenoxy) is 1. The molecular formula is C16H19NO2. The van der Waals surface area contributed by atoms with Crippen molar-refractivity contribution in [3.8, 4) is 11.5 Å². The molecule has 3 nitrogen and oxygen atoms in total. The van der Waals surface area contributed by atoms with E-state index in [1.807, 2.05) is 31.2 Å². The van der Waals surface area contributed by atoms with Gasteiger partial charge in [-0.3, -0.25) is 4.98 Å². The smallest absolute Gasteiger partial charge is 0.145 e. The maximum absolute atomic E-state index is 9.67. The number of aliphatic hydroxyl groups is 1. The molecule has 0 radical (unpaired) electrons. The van der Waals surface area contributed by atoms with Gasteiger partial charge in [-0.25, -0.2) is 0 Å². The van der Waals surface area contributed by atoms with Gasteiger partial charge in [-0.05, 0) is 55.7 Å². The second kappa shape index (κ2) is 5.85. The van der Waals surface area contributed by atoms with Crippen molar-refractivity contribution in [2.45, 2.75) is 33.3 Å². The van der Waals surface area contributed by atoms with Crippen LogP contribution in [0.1, 0.15) is 36.3 Å². The number of nitrogens with zero attached hydrogens (tertiary/aromatic N) is 1. The zero-order chi connectivity index (χ0) is 13.8. The van der Waals surface area contributed by atoms with Crippen molar-refractivity contribution in [1.82, 2.24) is 4.98 Å². The van der Waals surface area contributed by atoms with Gasteiger partial charge in [0.15, 0.2) is 0 Å². The average molecular weight is 257 g/mol. The van der Waals surface area contributed by atoms with Crippen molar-refractivity contribution in [2.75, 3.05) is 0 Å². The minimum absolute atomic E-state index is 0.504. The fourth-order valence-electron chi connectivity index (χ4n) is 1.77. The first-order valence-electron chi connectivity index (χ1n) is 6.49. The van der Waals surface area contributed by atoms with Gasteiger partial charge in [-0.1, -0.05) is 13.0 Å². The van der Waals surface area contributed by atoms with E-state index in [0.717, 1.165) is 5.75 Å². The van der Waals surface area contributed by atoms with Gasteiger partial charge in [-0.2, -0.15) is 0 Å². The van der Waals surface area contributed by atoms with Crippen molar-refractivity contribution < 1.29 is 9.84 Å². The highest BCUT2D eigenvalue weighted by molar-refractivity contribution is 5.36.